The first-order valence-corrected chi connectivity index (χ1v) is 7.45. The van der Waals surface area contributed by atoms with Crippen molar-refractivity contribution in [3.05, 3.63) is 53.3 Å². The maximum atomic E-state index is 5.83. The number of pyridine rings is 1. The van der Waals surface area contributed by atoms with Crippen LogP contribution in [0.3, 0.4) is 0 Å². The summed E-state index contributed by atoms with van der Waals surface area (Å²) in [5, 5.41) is 3.47. The van der Waals surface area contributed by atoms with Gasteiger partial charge in [0.2, 0.25) is 0 Å². The number of aryl methyl sites for hydroxylation is 2. The van der Waals surface area contributed by atoms with E-state index in [2.05, 4.69) is 43.2 Å². The molecule has 2 rings (SSSR count). The van der Waals surface area contributed by atoms with Gasteiger partial charge in [-0.05, 0) is 61.7 Å². The standard InChI is InChI=1S/C18H24N2O/c1-13(2)10-19-11-16-6-8-17(9-14(16)3)21-18-7-5-15(4)20-12-18/h5-9,12-13,19H,10-11H2,1-4H3. The zero-order valence-electron chi connectivity index (χ0n) is 13.3. The number of ether oxygens (including phenoxy) is 1. The van der Waals surface area contributed by atoms with E-state index >= 15 is 0 Å². The molecule has 0 unspecified atom stereocenters. The highest BCUT2D eigenvalue weighted by atomic mass is 16.5. The first-order valence-electron chi connectivity index (χ1n) is 7.45. The second kappa shape index (κ2) is 7.23. The van der Waals surface area contributed by atoms with E-state index in [0.29, 0.717) is 5.92 Å². The summed E-state index contributed by atoms with van der Waals surface area (Å²) >= 11 is 0. The molecule has 3 heteroatoms. The molecule has 1 N–H and O–H groups in total. The summed E-state index contributed by atoms with van der Waals surface area (Å²) in [7, 11) is 0. The van der Waals surface area contributed by atoms with Gasteiger partial charge in [-0.2, -0.15) is 0 Å². The van der Waals surface area contributed by atoms with Crippen LogP contribution in [0.15, 0.2) is 36.5 Å². The highest BCUT2D eigenvalue weighted by Gasteiger charge is 2.03. The SMILES string of the molecule is Cc1ccc(Oc2ccc(CNCC(C)C)c(C)c2)cn1. The van der Waals surface area contributed by atoms with Crippen molar-refractivity contribution in [2.75, 3.05) is 6.54 Å². The lowest BCUT2D eigenvalue weighted by atomic mass is 10.1. The van der Waals surface area contributed by atoms with Crippen molar-refractivity contribution in [1.29, 1.82) is 0 Å². The Balaban J connectivity index is 1.99. The minimum absolute atomic E-state index is 0.668. The number of nitrogens with one attached hydrogen (secondary N) is 1. The van der Waals surface area contributed by atoms with E-state index in [9.17, 15) is 0 Å². The molecular formula is C18H24N2O. The van der Waals surface area contributed by atoms with Crippen molar-refractivity contribution in [1.82, 2.24) is 10.3 Å². The molecule has 0 saturated heterocycles. The Morgan fingerprint density at radius 3 is 2.48 bits per heavy atom. The van der Waals surface area contributed by atoms with Crippen LogP contribution in [0.5, 0.6) is 11.5 Å². The molecule has 0 spiro atoms. The van der Waals surface area contributed by atoms with Crippen molar-refractivity contribution in [2.24, 2.45) is 5.92 Å². The highest BCUT2D eigenvalue weighted by molar-refractivity contribution is 5.37. The summed E-state index contributed by atoms with van der Waals surface area (Å²) in [4.78, 5) is 4.24. The van der Waals surface area contributed by atoms with Crippen molar-refractivity contribution in [3.63, 3.8) is 0 Å². The minimum atomic E-state index is 0.668. The fourth-order valence-corrected chi connectivity index (χ4v) is 2.08. The molecule has 2 aromatic rings. The highest BCUT2D eigenvalue weighted by Crippen LogP contribution is 2.23. The van der Waals surface area contributed by atoms with Crippen LogP contribution in [0.25, 0.3) is 0 Å². The van der Waals surface area contributed by atoms with Crippen LogP contribution >= 0.6 is 0 Å². The largest absolute Gasteiger partial charge is 0.456 e. The second-order valence-corrected chi connectivity index (χ2v) is 5.85. The lowest BCUT2D eigenvalue weighted by Crippen LogP contribution is -2.19. The zero-order chi connectivity index (χ0) is 15.2. The van der Waals surface area contributed by atoms with Gasteiger partial charge >= 0.3 is 0 Å². The summed E-state index contributed by atoms with van der Waals surface area (Å²) in [6, 6.07) is 10.1. The average molecular weight is 284 g/mol. The molecule has 3 nitrogen and oxygen atoms in total. The smallest absolute Gasteiger partial charge is 0.145 e. The predicted octanol–water partition coefficient (Wildman–Crippen LogP) is 4.24. The Hall–Kier alpha value is -1.87. The number of benzene rings is 1. The van der Waals surface area contributed by atoms with Crippen LogP contribution in [0.2, 0.25) is 0 Å². The Morgan fingerprint density at radius 1 is 1.10 bits per heavy atom. The third kappa shape index (κ3) is 4.87. The summed E-state index contributed by atoms with van der Waals surface area (Å²) in [5.74, 6) is 2.29. The van der Waals surface area contributed by atoms with Crippen LogP contribution in [-0.4, -0.2) is 11.5 Å². The van der Waals surface area contributed by atoms with E-state index in [1.807, 2.05) is 25.1 Å². The molecule has 0 bridgehead atoms. The lowest BCUT2D eigenvalue weighted by molar-refractivity contribution is 0.479. The fourth-order valence-electron chi connectivity index (χ4n) is 2.08. The number of hydrogen-bond acceptors (Lipinski definition) is 3. The molecule has 0 fully saturated rings. The van der Waals surface area contributed by atoms with Gasteiger partial charge < -0.3 is 10.1 Å². The van der Waals surface area contributed by atoms with Gasteiger partial charge in [-0.15, -0.1) is 0 Å². The summed E-state index contributed by atoms with van der Waals surface area (Å²) in [5.41, 5.74) is 3.54. The average Bonchev–Trinajstić information content (AvgIpc) is 2.43. The molecule has 1 aromatic heterocycles. The molecule has 0 aliphatic heterocycles. The van der Waals surface area contributed by atoms with Crippen molar-refractivity contribution < 1.29 is 4.74 Å². The topological polar surface area (TPSA) is 34.1 Å². The number of rotatable bonds is 6. The van der Waals surface area contributed by atoms with Crippen LogP contribution < -0.4 is 10.1 Å². The van der Waals surface area contributed by atoms with Crippen molar-refractivity contribution >= 4 is 0 Å². The molecule has 112 valence electrons. The summed E-state index contributed by atoms with van der Waals surface area (Å²) in [6.07, 6.45) is 1.75. The van der Waals surface area contributed by atoms with Gasteiger partial charge in [-0.1, -0.05) is 19.9 Å². The van der Waals surface area contributed by atoms with Gasteiger partial charge in [0, 0.05) is 12.2 Å². The molecule has 0 aliphatic carbocycles. The van der Waals surface area contributed by atoms with Crippen molar-refractivity contribution in [2.45, 2.75) is 34.2 Å². The van der Waals surface area contributed by atoms with Gasteiger partial charge in [-0.3, -0.25) is 4.98 Å². The van der Waals surface area contributed by atoms with Gasteiger partial charge in [0.15, 0.2) is 0 Å². The Labute approximate surface area is 127 Å². The third-order valence-corrected chi connectivity index (χ3v) is 3.30. The molecule has 21 heavy (non-hydrogen) atoms. The minimum Gasteiger partial charge on any atom is -0.456 e. The zero-order valence-corrected chi connectivity index (χ0v) is 13.3. The van der Waals surface area contributed by atoms with Gasteiger partial charge in [-0.25, -0.2) is 0 Å². The van der Waals surface area contributed by atoms with Crippen LogP contribution in [0.4, 0.5) is 0 Å². The van der Waals surface area contributed by atoms with Crippen LogP contribution in [0, 0.1) is 19.8 Å². The number of aromatic nitrogens is 1. The van der Waals surface area contributed by atoms with E-state index in [4.69, 9.17) is 4.74 Å². The molecular weight excluding hydrogens is 260 g/mol. The quantitative estimate of drug-likeness (QED) is 0.861. The second-order valence-electron chi connectivity index (χ2n) is 5.85. The molecule has 0 atom stereocenters. The normalized spacial score (nSPS) is 10.9. The van der Waals surface area contributed by atoms with E-state index in [1.165, 1.54) is 11.1 Å². The Morgan fingerprint density at radius 2 is 1.86 bits per heavy atom. The predicted molar refractivity (Wildman–Crippen MR) is 86.8 cm³/mol. The van der Waals surface area contributed by atoms with E-state index < -0.39 is 0 Å². The Kier molecular flexibility index (Phi) is 5.34. The maximum absolute atomic E-state index is 5.83. The van der Waals surface area contributed by atoms with Gasteiger partial charge in [0.05, 0.1) is 6.20 Å². The molecule has 1 heterocycles. The molecule has 0 saturated carbocycles. The Bertz CT molecular complexity index is 576. The monoisotopic (exact) mass is 284 g/mol. The van der Waals surface area contributed by atoms with E-state index in [-0.39, 0.29) is 0 Å². The van der Waals surface area contributed by atoms with Gasteiger partial charge in [0.1, 0.15) is 11.5 Å². The summed E-state index contributed by atoms with van der Waals surface area (Å²) in [6.45, 7) is 10.4. The summed E-state index contributed by atoms with van der Waals surface area (Å²) < 4.78 is 5.83. The van der Waals surface area contributed by atoms with Gasteiger partial charge in [0.25, 0.3) is 0 Å². The molecule has 0 amide bonds. The first-order chi connectivity index (χ1) is 10.0. The van der Waals surface area contributed by atoms with E-state index in [1.54, 1.807) is 6.20 Å². The lowest BCUT2D eigenvalue weighted by Gasteiger charge is -2.12. The van der Waals surface area contributed by atoms with Crippen LogP contribution in [0.1, 0.15) is 30.7 Å². The number of nitrogens with zero attached hydrogens (tertiary/aromatic N) is 1. The molecule has 0 aliphatic rings. The van der Waals surface area contributed by atoms with Crippen LogP contribution in [-0.2, 0) is 6.54 Å². The third-order valence-electron chi connectivity index (χ3n) is 3.30. The van der Waals surface area contributed by atoms with Crippen molar-refractivity contribution in [3.8, 4) is 11.5 Å². The first kappa shape index (κ1) is 15.5. The fraction of sp³-hybridized carbons (Fsp3) is 0.389. The molecule has 0 radical (unpaired) electrons. The maximum Gasteiger partial charge on any atom is 0.145 e. The number of hydrogen-bond donors (Lipinski definition) is 1. The van der Waals surface area contributed by atoms with E-state index in [0.717, 1.165) is 30.3 Å². The molecule has 1 aromatic carbocycles.